The molecule has 1 amide bonds. The largest absolute Gasteiger partial charge is 0.496 e. The molecule has 2 aromatic rings. The van der Waals surface area contributed by atoms with Crippen molar-refractivity contribution >= 4 is 17.8 Å². The van der Waals surface area contributed by atoms with Gasteiger partial charge in [0.25, 0.3) is 5.91 Å². The summed E-state index contributed by atoms with van der Waals surface area (Å²) in [6, 6.07) is 11.1. The molecule has 1 aliphatic rings. The maximum atomic E-state index is 12.0. The van der Waals surface area contributed by atoms with Gasteiger partial charge in [0.2, 0.25) is 0 Å². The summed E-state index contributed by atoms with van der Waals surface area (Å²) in [7, 11) is 1.59. The Bertz CT molecular complexity index is 736. The molecule has 0 saturated carbocycles. The number of nitrogens with one attached hydrogen (secondary N) is 1. The summed E-state index contributed by atoms with van der Waals surface area (Å²) in [5, 5.41) is 2.76. The number of hydrogen-bond acceptors (Lipinski definition) is 4. The third-order valence-corrected chi connectivity index (χ3v) is 3.07. The number of amides is 1. The second-order valence-corrected chi connectivity index (χ2v) is 4.42. The van der Waals surface area contributed by atoms with Crippen LogP contribution in [-0.4, -0.2) is 23.8 Å². The van der Waals surface area contributed by atoms with Gasteiger partial charge in [-0.05, 0) is 35.9 Å². The van der Waals surface area contributed by atoms with Crippen molar-refractivity contribution in [2.24, 2.45) is 4.99 Å². The first-order valence-corrected chi connectivity index (χ1v) is 6.43. The SMILES string of the molecule is COc1ccccc1C1=N/C(=C/c2ccncc2)C(=O)N1. The zero-order valence-electron chi connectivity index (χ0n) is 11.4. The zero-order valence-corrected chi connectivity index (χ0v) is 11.4. The minimum atomic E-state index is -0.229. The first kappa shape index (κ1) is 13.1. The molecule has 0 spiro atoms. The van der Waals surface area contributed by atoms with Gasteiger partial charge in [0.15, 0.2) is 0 Å². The molecule has 3 rings (SSSR count). The number of pyridine rings is 1. The van der Waals surface area contributed by atoms with Crippen LogP contribution in [0.25, 0.3) is 6.08 Å². The Hall–Kier alpha value is -2.95. The summed E-state index contributed by atoms with van der Waals surface area (Å²) in [5.41, 5.74) is 1.99. The van der Waals surface area contributed by atoms with Gasteiger partial charge in [0.1, 0.15) is 17.3 Å². The quantitative estimate of drug-likeness (QED) is 0.874. The van der Waals surface area contributed by atoms with Crippen molar-refractivity contribution in [3.05, 3.63) is 65.6 Å². The first-order chi connectivity index (χ1) is 10.3. The lowest BCUT2D eigenvalue weighted by molar-refractivity contribution is -0.115. The van der Waals surface area contributed by atoms with Crippen LogP contribution in [0.2, 0.25) is 0 Å². The van der Waals surface area contributed by atoms with E-state index in [-0.39, 0.29) is 5.91 Å². The van der Waals surface area contributed by atoms with Crippen molar-refractivity contribution in [3.8, 4) is 5.75 Å². The maximum absolute atomic E-state index is 12.0. The summed E-state index contributed by atoms with van der Waals surface area (Å²) in [6.07, 6.45) is 5.06. The molecule has 5 heteroatoms. The van der Waals surface area contributed by atoms with Crippen molar-refractivity contribution in [2.75, 3.05) is 7.11 Å². The van der Waals surface area contributed by atoms with Gasteiger partial charge in [0, 0.05) is 12.4 Å². The van der Waals surface area contributed by atoms with Crippen molar-refractivity contribution in [2.45, 2.75) is 0 Å². The van der Waals surface area contributed by atoms with E-state index in [2.05, 4.69) is 15.3 Å². The lowest BCUT2D eigenvalue weighted by Gasteiger charge is -2.06. The summed E-state index contributed by atoms with van der Waals surface area (Å²) >= 11 is 0. The second-order valence-electron chi connectivity index (χ2n) is 4.42. The van der Waals surface area contributed by atoms with Crippen LogP contribution >= 0.6 is 0 Å². The Morgan fingerprint density at radius 3 is 2.67 bits per heavy atom. The number of nitrogens with zero attached hydrogens (tertiary/aromatic N) is 2. The number of rotatable bonds is 3. The minimum Gasteiger partial charge on any atom is -0.496 e. The van der Waals surface area contributed by atoms with Gasteiger partial charge in [-0.1, -0.05) is 12.1 Å². The first-order valence-electron chi connectivity index (χ1n) is 6.43. The van der Waals surface area contributed by atoms with E-state index >= 15 is 0 Å². The van der Waals surface area contributed by atoms with E-state index in [0.717, 1.165) is 11.1 Å². The highest BCUT2D eigenvalue weighted by Crippen LogP contribution is 2.21. The third-order valence-electron chi connectivity index (χ3n) is 3.07. The molecule has 0 saturated heterocycles. The average Bonchev–Trinajstić information content (AvgIpc) is 2.89. The van der Waals surface area contributed by atoms with E-state index in [1.165, 1.54) is 0 Å². The molecule has 0 unspecified atom stereocenters. The van der Waals surface area contributed by atoms with Crippen LogP contribution in [0.5, 0.6) is 5.75 Å². The van der Waals surface area contributed by atoms with E-state index in [4.69, 9.17) is 4.74 Å². The topological polar surface area (TPSA) is 63.6 Å². The smallest absolute Gasteiger partial charge is 0.275 e. The number of carbonyl (C=O) groups is 1. The molecule has 2 heterocycles. The maximum Gasteiger partial charge on any atom is 0.275 e. The number of methoxy groups -OCH3 is 1. The molecule has 104 valence electrons. The Morgan fingerprint density at radius 1 is 1.14 bits per heavy atom. The van der Waals surface area contributed by atoms with Gasteiger partial charge in [-0.3, -0.25) is 9.78 Å². The lowest BCUT2D eigenvalue weighted by Crippen LogP contribution is -2.25. The molecule has 0 aliphatic carbocycles. The van der Waals surface area contributed by atoms with Crippen LogP contribution in [0.4, 0.5) is 0 Å². The average molecular weight is 279 g/mol. The highest BCUT2D eigenvalue weighted by atomic mass is 16.5. The lowest BCUT2D eigenvalue weighted by atomic mass is 10.2. The summed E-state index contributed by atoms with van der Waals surface area (Å²) in [4.78, 5) is 20.3. The van der Waals surface area contributed by atoms with Crippen LogP contribution in [0.15, 0.2) is 59.5 Å². The van der Waals surface area contributed by atoms with Gasteiger partial charge in [-0.25, -0.2) is 4.99 Å². The van der Waals surface area contributed by atoms with Crippen molar-refractivity contribution in [3.63, 3.8) is 0 Å². The third kappa shape index (κ3) is 2.67. The predicted molar refractivity (Wildman–Crippen MR) is 79.9 cm³/mol. The number of para-hydroxylation sites is 1. The van der Waals surface area contributed by atoms with Crippen molar-refractivity contribution in [1.29, 1.82) is 0 Å². The van der Waals surface area contributed by atoms with Gasteiger partial charge in [-0.15, -0.1) is 0 Å². The van der Waals surface area contributed by atoms with E-state index in [9.17, 15) is 4.79 Å². The van der Waals surface area contributed by atoms with Gasteiger partial charge in [-0.2, -0.15) is 0 Å². The number of carbonyl (C=O) groups excluding carboxylic acids is 1. The zero-order chi connectivity index (χ0) is 14.7. The van der Waals surface area contributed by atoms with E-state index < -0.39 is 0 Å². The summed E-state index contributed by atoms with van der Waals surface area (Å²) in [5.74, 6) is 0.937. The molecule has 1 aromatic heterocycles. The normalized spacial score (nSPS) is 15.8. The van der Waals surface area contributed by atoms with Crippen molar-refractivity contribution in [1.82, 2.24) is 10.3 Å². The standard InChI is InChI=1S/C16H13N3O2/c1-21-14-5-3-2-4-12(14)15-18-13(16(20)19-15)10-11-6-8-17-9-7-11/h2-10H,1H3,(H,18,19,20)/b13-10+. The molecule has 1 aliphatic heterocycles. The summed E-state index contributed by atoms with van der Waals surface area (Å²) in [6.45, 7) is 0. The fourth-order valence-electron chi connectivity index (χ4n) is 2.05. The highest BCUT2D eigenvalue weighted by molar-refractivity contribution is 6.20. The Balaban J connectivity index is 1.98. The molecule has 5 nitrogen and oxygen atoms in total. The number of ether oxygens (including phenoxy) is 1. The molecule has 1 N–H and O–H groups in total. The molecule has 0 radical (unpaired) electrons. The number of aromatic nitrogens is 1. The predicted octanol–water partition coefficient (Wildman–Crippen LogP) is 2.01. The van der Waals surface area contributed by atoms with E-state index in [1.807, 2.05) is 36.4 Å². The molecular formula is C16H13N3O2. The number of amidine groups is 1. The fourth-order valence-corrected chi connectivity index (χ4v) is 2.05. The number of aliphatic imine (C=N–C) groups is 1. The van der Waals surface area contributed by atoms with Crippen LogP contribution in [0.3, 0.4) is 0 Å². The molecule has 21 heavy (non-hydrogen) atoms. The number of hydrogen-bond donors (Lipinski definition) is 1. The number of benzene rings is 1. The Morgan fingerprint density at radius 2 is 1.90 bits per heavy atom. The van der Waals surface area contributed by atoms with Gasteiger partial charge < -0.3 is 10.1 Å². The van der Waals surface area contributed by atoms with Crippen LogP contribution in [0.1, 0.15) is 11.1 Å². The molecule has 0 bridgehead atoms. The Labute approximate surface area is 122 Å². The van der Waals surface area contributed by atoms with Crippen LogP contribution in [0, 0.1) is 0 Å². The van der Waals surface area contributed by atoms with Crippen molar-refractivity contribution < 1.29 is 9.53 Å². The second kappa shape index (κ2) is 5.58. The molecule has 1 aromatic carbocycles. The van der Waals surface area contributed by atoms with Crippen LogP contribution < -0.4 is 10.1 Å². The molecule has 0 atom stereocenters. The highest BCUT2D eigenvalue weighted by Gasteiger charge is 2.22. The van der Waals surface area contributed by atoms with Gasteiger partial charge in [0.05, 0.1) is 12.7 Å². The monoisotopic (exact) mass is 279 g/mol. The van der Waals surface area contributed by atoms with E-state index in [1.54, 1.807) is 25.6 Å². The molecule has 0 fully saturated rings. The molecular weight excluding hydrogens is 266 g/mol. The fraction of sp³-hybridized carbons (Fsp3) is 0.0625. The summed E-state index contributed by atoms with van der Waals surface area (Å²) < 4.78 is 5.29. The minimum absolute atomic E-state index is 0.229. The van der Waals surface area contributed by atoms with Gasteiger partial charge >= 0.3 is 0 Å². The van der Waals surface area contributed by atoms with Crippen LogP contribution in [-0.2, 0) is 4.79 Å². The Kier molecular flexibility index (Phi) is 3.47. The van der Waals surface area contributed by atoms with E-state index in [0.29, 0.717) is 17.3 Å².